The summed E-state index contributed by atoms with van der Waals surface area (Å²) < 4.78 is 13.0. The molecule has 5 nitrogen and oxygen atoms in total. The first-order valence-electron chi connectivity index (χ1n) is 3.48. The Morgan fingerprint density at radius 3 is 3.08 bits per heavy atom. The van der Waals surface area contributed by atoms with E-state index in [9.17, 15) is 9.18 Å². The quantitative estimate of drug-likeness (QED) is 0.560. The fourth-order valence-corrected chi connectivity index (χ4v) is 1.05. The van der Waals surface area contributed by atoms with Crippen LogP contribution in [-0.2, 0) is 0 Å². The van der Waals surface area contributed by atoms with Crippen LogP contribution in [0, 0.1) is 5.95 Å². The largest absolute Gasteiger partial charge is 0.369 e. The van der Waals surface area contributed by atoms with Gasteiger partial charge in [0.1, 0.15) is 5.52 Å². The van der Waals surface area contributed by atoms with Crippen LogP contribution in [0.3, 0.4) is 0 Å². The molecular weight excluding hydrogens is 175 g/mol. The molecule has 2 aromatic heterocycles. The lowest BCUT2D eigenvalue weighted by Gasteiger charge is -1.97. The van der Waals surface area contributed by atoms with Gasteiger partial charge in [-0.2, -0.15) is 4.39 Å². The number of nitrogens with zero attached hydrogens (tertiary/aromatic N) is 2. The van der Waals surface area contributed by atoms with Gasteiger partial charge >= 0.3 is 0 Å². The number of pyridine rings is 1. The first kappa shape index (κ1) is 7.66. The first-order chi connectivity index (χ1) is 6.18. The summed E-state index contributed by atoms with van der Waals surface area (Å²) in [7, 11) is 0. The van der Waals surface area contributed by atoms with Gasteiger partial charge in [-0.3, -0.25) is 9.78 Å². The van der Waals surface area contributed by atoms with Crippen molar-refractivity contribution < 1.29 is 4.39 Å². The number of hydrogen-bond acceptors (Lipinski definition) is 4. The molecule has 0 saturated heterocycles. The molecule has 0 atom stereocenters. The van der Waals surface area contributed by atoms with E-state index in [0.717, 1.165) is 0 Å². The SMILES string of the molecule is Nc1nc2c(F)nccc2c(=O)[nH]1. The normalized spacial score (nSPS) is 10.5. The average molecular weight is 180 g/mol. The number of fused-ring (bicyclic) bond motifs is 1. The van der Waals surface area contributed by atoms with E-state index in [4.69, 9.17) is 5.73 Å². The number of hydrogen-bond donors (Lipinski definition) is 2. The Morgan fingerprint density at radius 1 is 1.54 bits per heavy atom. The van der Waals surface area contributed by atoms with Crippen LogP contribution < -0.4 is 11.3 Å². The van der Waals surface area contributed by atoms with Crippen molar-refractivity contribution in [1.29, 1.82) is 0 Å². The van der Waals surface area contributed by atoms with Crippen molar-refractivity contribution in [2.75, 3.05) is 5.73 Å². The Kier molecular flexibility index (Phi) is 1.48. The van der Waals surface area contributed by atoms with Crippen LogP contribution in [0.5, 0.6) is 0 Å². The van der Waals surface area contributed by atoms with Crippen LogP contribution in [0.2, 0.25) is 0 Å². The van der Waals surface area contributed by atoms with Gasteiger partial charge < -0.3 is 5.73 Å². The summed E-state index contributed by atoms with van der Waals surface area (Å²) in [6, 6.07) is 1.38. The van der Waals surface area contributed by atoms with Gasteiger partial charge in [-0.15, -0.1) is 0 Å². The van der Waals surface area contributed by atoms with Crippen molar-refractivity contribution in [3.05, 3.63) is 28.6 Å². The number of rotatable bonds is 0. The molecule has 0 aromatic carbocycles. The minimum atomic E-state index is -0.796. The van der Waals surface area contributed by atoms with E-state index < -0.39 is 11.5 Å². The van der Waals surface area contributed by atoms with Gasteiger partial charge in [-0.05, 0) is 6.07 Å². The number of anilines is 1. The van der Waals surface area contributed by atoms with Crippen LogP contribution >= 0.6 is 0 Å². The highest BCUT2D eigenvalue weighted by atomic mass is 19.1. The fraction of sp³-hybridized carbons (Fsp3) is 0. The second-order valence-corrected chi connectivity index (χ2v) is 2.45. The molecule has 0 aliphatic heterocycles. The van der Waals surface area contributed by atoms with E-state index in [1.807, 2.05) is 0 Å². The summed E-state index contributed by atoms with van der Waals surface area (Å²) in [5.41, 5.74) is 4.66. The van der Waals surface area contributed by atoms with Gasteiger partial charge in [-0.25, -0.2) is 9.97 Å². The zero-order valence-corrected chi connectivity index (χ0v) is 6.41. The predicted octanol–water partition coefficient (Wildman–Crippen LogP) is 0.0394. The highest BCUT2D eigenvalue weighted by Gasteiger charge is 2.06. The zero-order chi connectivity index (χ0) is 9.42. The second-order valence-electron chi connectivity index (χ2n) is 2.45. The van der Waals surface area contributed by atoms with Gasteiger partial charge in [-0.1, -0.05) is 0 Å². The monoisotopic (exact) mass is 180 g/mol. The van der Waals surface area contributed by atoms with E-state index in [-0.39, 0.29) is 16.9 Å². The maximum atomic E-state index is 13.0. The summed E-state index contributed by atoms with van der Waals surface area (Å²) in [5, 5.41) is 0.140. The lowest BCUT2D eigenvalue weighted by Crippen LogP contribution is -2.12. The number of H-pyrrole nitrogens is 1. The Bertz CT molecular complexity index is 521. The third-order valence-corrected chi connectivity index (χ3v) is 1.60. The molecule has 0 spiro atoms. The molecule has 66 valence electrons. The molecule has 3 N–H and O–H groups in total. The van der Waals surface area contributed by atoms with Crippen molar-refractivity contribution in [2.24, 2.45) is 0 Å². The molecule has 0 bridgehead atoms. The van der Waals surface area contributed by atoms with Gasteiger partial charge in [0.25, 0.3) is 5.56 Å². The van der Waals surface area contributed by atoms with Gasteiger partial charge in [0, 0.05) is 6.20 Å². The van der Waals surface area contributed by atoms with Gasteiger partial charge in [0.15, 0.2) is 0 Å². The van der Waals surface area contributed by atoms with Crippen molar-refractivity contribution >= 4 is 16.9 Å². The summed E-state index contributed by atoms with van der Waals surface area (Å²) in [5.74, 6) is -0.917. The molecule has 0 aliphatic carbocycles. The van der Waals surface area contributed by atoms with E-state index in [2.05, 4.69) is 15.0 Å². The topological polar surface area (TPSA) is 84.7 Å². The summed E-state index contributed by atoms with van der Waals surface area (Å²) in [6.45, 7) is 0. The molecule has 6 heteroatoms. The fourth-order valence-electron chi connectivity index (χ4n) is 1.05. The molecule has 2 heterocycles. The lowest BCUT2D eigenvalue weighted by atomic mass is 10.3. The highest BCUT2D eigenvalue weighted by Crippen LogP contribution is 2.08. The molecular formula is C7H5FN4O. The summed E-state index contributed by atoms with van der Waals surface area (Å²) in [6.07, 6.45) is 1.20. The standard InChI is InChI=1S/C7H5FN4O/c8-5-4-3(1-2-10-5)6(13)12-7(9)11-4/h1-2H,(H3,9,11,12,13). The minimum Gasteiger partial charge on any atom is -0.369 e. The van der Waals surface area contributed by atoms with Gasteiger partial charge in [0.2, 0.25) is 11.9 Å². The van der Waals surface area contributed by atoms with E-state index in [1.165, 1.54) is 12.3 Å². The maximum absolute atomic E-state index is 13.0. The molecule has 0 fully saturated rings. The summed E-state index contributed by atoms with van der Waals surface area (Å²) >= 11 is 0. The van der Waals surface area contributed by atoms with Crippen molar-refractivity contribution in [3.63, 3.8) is 0 Å². The highest BCUT2D eigenvalue weighted by molar-refractivity contribution is 5.77. The van der Waals surface area contributed by atoms with Crippen LogP contribution in [-0.4, -0.2) is 15.0 Å². The number of nitrogens with two attached hydrogens (primary N) is 1. The van der Waals surface area contributed by atoms with E-state index in [0.29, 0.717) is 0 Å². The molecule has 13 heavy (non-hydrogen) atoms. The zero-order valence-electron chi connectivity index (χ0n) is 6.41. The first-order valence-corrected chi connectivity index (χ1v) is 3.48. The van der Waals surface area contributed by atoms with Crippen molar-refractivity contribution in [3.8, 4) is 0 Å². The molecule has 0 amide bonds. The maximum Gasteiger partial charge on any atom is 0.260 e. The van der Waals surface area contributed by atoms with Crippen LogP contribution in [0.1, 0.15) is 0 Å². The molecule has 2 aromatic rings. The minimum absolute atomic E-state index is 0.108. The molecule has 0 radical (unpaired) electrons. The molecule has 0 unspecified atom stereocenters. The Balaban J connectivity index is 3.03. The average Bonchev–Trinajstić information content (AvgIpc) is 2.07. The van der Waals surface area contributed by atoms with E-state index in [1.54, 1.807) is 0 Å². The molecule has 0 aliphatic rings. The van der Waals surface area contributed by atoms with Crippen molar-refractivity contribution in [1.82, 2.24) is 15.0 Å². The van der Waals surface area contributed by atoms with Crippen molar-refractivity contribution in [2.45, 2.75) is 0 Å². The lowest BCUT2D eigenvalue weighted by molar-refractivity contribution is 0.593. The van der Waals surface area contributed by atoms with Gasteiger partial charge in [0.05, 0.1) is 5.39 Å². The summed E-state index contributed by atoms with van der Waals surface area (Å²) in [4.78, 5) is 20.4. The number of aromatic amines is 1. The Labute approximate surface area is 71.4 Å². The molecule has 2 rings (SSSR count). The van der Waals surface area contributed by atoms with Crippen LogP contribution in [0.25, 0.3) is 10.9 Å². The smallest absolute Gasteiger partial charge is 0.260 e. The third kappa shape index (κ3) is 1.12. The Morgan fingerprint density at radius 2 is 2.31 bits per heavy atom. The second kappa shape index (κ2) is 2.51. The van der Waals surface area contributed by atoms with Crippen LogP contribution in [0.15, 0.2) is 17.1 Å². The number of halogens is 1. The predicted molar refractivity (Wildman–Crippen MR) is 44.5 cm³/mol. The Hall–Kier alpha value is -1.98. The number of aromatic nitrogens is 3. The van der Waals surface area contributed by atoms with Crippen LogP contribution in [0.4, 0.5) is 10.3 Å². The molecule has 0 saturated carbocycles. The number of nitrogen functional groups attached to an aromatic ring is 1. The van der Waals surface area contributed by atoms with E-state index >= 15 is 0 Å². The third-order valence-electron chi connectivity index (χ3n) is 1.60. The number of nitrogens with one attached hydrogen (secondary N) is 1.